The topological polar surface area (TPSA) is 74.4 Å². The number of Topliss-reactive ketones (excluding diaryl/α,β-unsaturated/α-hetero) is 1. The van der Waals surface area contributed by atoms with Crippen molar-refractivity contribution in [1.29, 1.82) is 0 Å². The lowest BCUT2D eigenvalue weighted by Crippen LogP contribution is -2.19. The standard InChI is InChI=1S/C19H23N3O3/c1-22(2)9-10-25-14-6-3-5-13(11-14)21-19(24)15-12-20-16-7-4-8-17(23)18(15)16/h3,5-6,11-12,20H,4,7-10H2,1-2H3,(H,21,24). The van der Waals surface area contributed by atoms with Crippen molar-refractivity contribution in [2.75, 3.05) is 32.6 Å². The maximum Gasteiger partial charge on any atom is 0.257 e. The van der Waals surface area contributed by atoms with Gasteiger partial charge in [0.1, 0.15) is 12.4 Å². The van der Waals surface area contributed by atoms with E-state index in [4.69, 9.17) is 4.74 Å². The molecule has 1 aliphatic rings. The van der Waals surface area contributed by atoms with Crippen molar-refractivity contribution in [3.8, 4) is 5.75 Å². The van der Waals surface area contributed by atoms with Crippen molar-refractivity contribution in [2.45, 2.75) is 19.3 Å². The highest BCUT2D eigenvalue weighted by molar-refractivity contribution is 6.13. The summed E-state index contributed by atoms with van der Waals surface area (Å²) in [6, 6.07) is 7.28. The van der Waals surface area contributed by atoms with E-state index in [9.17, 15) is 9.59 Å². The highest BCUT2D eigenvalue weighted by Crippen LogP contribution is 2.25. The van der Waals surface area contributed by atoms with Gasteiger partial charge in [0.15, 0.2) is 5.78 Å². The monoisotopic (exact) mass is 341 g/mol. The molecule has 0 unspecified atom stereocenters. The van der Waals surface area contributed by atoms with Crippen molar-refractivity contribution < 1.29 is 14.3 Å². The lowest BCUT2D eigenvalue weighted by Gasteiger charge is -2.13. The molecule has 3 rings (SSSR count). The van der Waals surface area contributed by atoms with Crippen molar-refractivity contribution in [1.82, 2.24) is 9.88 Å². The quantitative estimate of drug-likeness (QED) is 0.847. The second kappa shape index (κ2) is 7.53. The fourth-order valence-corrected chi connectivity index (χ4v) is 2.92. The number of amides is 1. The minimum Gasteiger partial charge on any atom is -0.492 e. The molecule has 132 valence electrons. The number of nitrogens with zero attached hydrogens (tertiary/aromatic N) is 1. The van der Waals surface area contributed by atoms with Crippen LogP contribution in [0.4, 0.5) is 5.69 Å². The smallest absolute Gasteiger partial charge is 0.257 e. The Kier molecular flexibility index (Phi) is 5.19. The molecule has 0 spiro atoms. The molecule has 25 heavy (non-hydrogen) atoms. The van der Waals surface area contributed by atoms with Crippen molar-refractivity contribution in [3.05, 3.63) is 47.3 Å². The molecule has 2 N–H and O–H groups in total. The predicted molar refractivity (Wildman–Crippen MR) is 96.5 cm³/mol. The van der Waals surface area contributed by atoms with Crippen molar-refractivity contribution >= 4 is 17.4 Å². The summed E-state index contributed by atoms with van der Waals surface area (Å²) in [5.41, 5.74) is 2.47. The molecule has 0 bridgehead atoms. The number of fused-ring (bicyclic) bond motifs is 1. The second-order valence-electron chi connectivity index (χ2n) is 6.47. The first-order valence-corrected chi connectivity index (χ1v) is 8.47. The molecule has 6 nitrogen and oxygen atoms in total. The zero-order valence-electron chi connectivity index (χ0n) is 14.6. The van der Waals surface area contributed by atoms with Crippen LogP contribution in [-0.2, 0) is 6.42 Å². The first kappa shape index (κ1) is 17.2. The summed E-state index contributed by atoms with van der Waals surface area (Å²) in [5, 5.41) is 2.85. The van der Waals surface area contributed by atoms with Gasteiger partial charge in [-0.3, -0.25) is 9.59 Å². The fourth-order valence-electron chi connectivity index (χ4n) is 2.92. The third-order valence-corrected chi connectivity index (χ3v) is 4.22. The molecule has 0 fully saturated rings. The van der Waals surface area contributed by atoms with Crippen LogP contribution in [0.2, 0.25) is 0 Å². The Bertz CT molecular complexity index is 780. The van der Waals surface area contributed by atoms with Crippen LogP contribution < -0.4 is 10.1 Å². The van der Waals surface area contributed by atoms with Crippen LogP contribution in [0.5, 0.6) is 5.75 Å². The third kappa shape index (κ3) is 4.09. The summed E-state index contributed by atoms with van der Waals surface area (Å²) in [7, 11) is 3.97. The molecule has 1 amide bonds. The summed E-state index contributed by atoms with van der Waals surface area (Å²) in [5.74, 6) is 0.457. The van der Waals surface area contributed by atoms with Gasteiger partial charge >= 0.3 is 0 Å². The largest absolute Gasteiger partial charge is 0.492 e. The molecule has 1 aromatic carbocycles. The van der Waals surface area contributed by atoms with Gasteiger partial charge in [-0.2, -0.15) is 0 Å². The summed E-state index contributed by atoms with van der Waals surface area (Å²) in [6.07, 6.45) is 3.77. The molecule has 1 aliphatic carbocycles. The van der Waals surface area contributed by atoms with E-state index in [1.165, 1.54) is 0 Å². The molecule has 1 heterocycles. The number of aryl methyl sites for hydroxylation is 1. The molecule has 1 aromatic heterocycles. The number of benzene rings is 1. The maximum atomic E-state index is 12.6. The van der Waals surface area contributed by atoms with Crippen molar-refractivity contribution in [3.63, 3.8) is 0 Å². The number of carbonyl (C=O) groups excluding carboxylic acids is 2. The molecular weight excluding hydrogens is 318 g/mol. The van der Waals surface area contributed by atoms with Gasteiger partial charge < -0.3 is 19.9 Å². The first-order chi connectivity index (χ1) is 12.0. The Morgan fingerprint density at radius 3 is 2.96 bits per heavy atom. The van der Waals surface area contributed by atoms with E-state index in [1.807, 2.05) is 31.1 Å². The van der Waals surface area contributed by atoms with Gasteiger partial charge in [0, 0.05) is 36.6 Å². The SMILES string of the molecule is CN(C)CCOc1cccc(NC(=O)c2c[nH]c3c2C(=O)CCC3)c1. The Balaban J connectivity index is 1.69. The average Bonchev–Trinajstić information content (AvgIpc) is 3.00. The summed E-state index contributed by atoms with van der Waals surface area (Å²) in [6.45, 7) is 1.39. The molecule has 0 radical (unpaired) electrons. The normalized spacial score (nSPS) is 13.6. The van der Waals surface area contributed by atoms with E-state index in [0.717, 1.165) is 25.1 Å². The van der Waals surface area contributed by atoms with E-state index < -0.39 is 0 Å². The predicted octanol–water partition coefficient (Wildman–Crippen LogP) is 2.73. The molecule has 0 aliphatic heterocycles. The van der Waals surface area contributed by atoms with Crippen LogP contribution in [-0.4, -0.2) is 48.8 Å². The number of ketones is 1. The molecular formula is C19H23N3O3. The number of aromatic amines is 1. The molecule has 2 aromatic rings. The number of anilines is 1. The maximum absolute atomic E-state index is 12.6. The summed E-state index contributed by atoms with van der Waals surface area (Å²) >= 11 is 0. The van der Waals surface area contributed by atoms with Crippen LogP contribution in [0.1, 0.15) is 39.3 Å². The lowest BCUT2D eigenvalue weighted by atomic mass is 9.93. The van der Waals surface area contributed by atoms with Gasteiger partial charge in [-0.25, -0.2) is 0 Å². The van der Waals surface area contributed by atoms with E-state index >= 15 is 0 Å². The Hall–Kier alpha value is -2.60. The van der Waals surface area contributed by atoms with Crippen LogP contribution in [0.15, 0.2) is 30.5 Å². The average molecular weight is 341 g/mol. The number of hydrogen-bond acceptors (Lipinski definition) is 4. The lowest BCUT2D eigenvalue weighted by molar-refractivity contribution is 0.0956. The van der Waals surface area contributed by atoms with E-state index in [2.05, 4.69) is 10.3 Å². The van der Waals surface area contributed by atoms with Crippen LogP contribution >= 0.6 is 0 Å². The van der Waals surface area contributed by atoms with Gasteiger partial charge in [0.2, 0.25) is 0 Å². The van der Waals surface area contributed by atoms with Crippen LogP contribution in [0.3, 0.4) is 0 Å². The van der Waals surface area contributed by atoms with Crippen molar-refractivity contribution in [2.24, 2.45) is 0 Å². The minimum atomic E-state index is -0.279. The molecule has 0 atom stereocenters. The Morgan fingerprint density at radius 2 is 2.16 bits per heavy atom. The number of rotatable bonds is 6. The number of ether oxygens (including phenoxy) is 1. The van der Waals surface area contributed by atoms with E-state index in [1.54, 1.807) is 18.3 Å². The third-order valence-electron chi connectivity index (χ3n) is 4.22. The zero-order chi connectivity index (χ0) is 17.8. The first-order valence-electron chi connectivity index (χ1n) is 8.47. The second-order valence-corrected chi connectivity index (χ2v) is 6.47. The van der Waals surface area contributed by atoms with Crippen LogP contribution in [0, 0.1) is 0 Å². The fraction of sp³-hybridized carbons (Fsp3) is 0.368. The number of carbonyl (C=O) groups is 2. The van der Waals surface area contributed by atoms with Gasteiger partial charge in [0.25, 0.3) is 5.91 Å². The van der Waals surface area contributed by atoms with Gasteiger partial charge in [-0.15, -0.1) is 0 Å². The Labute approximate surface area is 147 Å². The molecule has 6 heteroatoms. The van der Waals surface area contributed by atoms with Gasteiger partial charge in [-0.1, -0.05) is 6.07 Å². The van der Waals surface area contributed by atoms with E-state index in [0.29, 0.717) is 35.6 Å². The molecule has 0 saturated heterocycles. The summed E-state index contributed by atoms with van der Waals surface area (Å²) < 4.78 is 5.68. The summed E-state index contributed by atoms with van der Waals surface area (Å²) in [4.78, 5) is 29.8. The number of hydrogen-bond donors (Lipinski definition) is 2. The number of likely N-dealkylation sites (N-methyl/N-ethyl adjacent to an activating group) is 1. The zero-order valence-corrected chi connectivity index (χ0v) is 14.6. The Morgan fingerprint density at radius 1 is 1.32 bits per heavy atom. The molecule has 0 saturated carbocycles. The number of H-pyrrole nitrogens is 1. The van der Waals surface area contributed by atoms with Gasteiger partial charge in [-0.05, 0) is 39.1 Å². The minimum absolute atomic E-state index is 0.0356. The number of aromatic nitrogens is 1. The highest BCUT2D eigenvalue weighted by Gasteiger charge is 2.25. The van der Waals surface area contributed by atoms with Gasteiger partial charge in [0.05, 0.1) is 11.1 Å². The van der Waals surface area contributed by atoms with E-state index in [-0.39, 0.29) is 11.7 Å². The number of nitrogens with one attached hydrogen (secondary N) is 2. The van der Waals surface area contributed by atoms with Crippen LogP contribution in [0.25, 0.3) is 0 Å². The highest BCUT2D eigenvalue weighted by atomic mass is 16.5.